The third-order valence-electron chi connectivity index (χ3n) is 7.09. The minimum absolute atomic E-state index is 0.207. The lowest BCUT2D eigenvalue weighted by molar-refractivity contribution is 0.417. The molecule has 0 unspecified atom stereocenters. The van der Waals surface area contributed by atoms with Gasteiger partial charge in [-0.15, -0.1) is 11.3 Å². The molecule has 0 spiro atoms. The van der Waals surface area contributed by atoms with Gasteiger partial charge >= 0.3 is 0 Å². The summed E-state index contributed by atoms with van der Waals surface area (Å²) < 4.78 is 35.3. The second-order valence-corrected chi connectivity index (χ2v) is 12.9. The molecule has 220 valence electrons. The van der Waals surface area contributed by atoms with E-state index < -0.39 is 16.1 Å². The van der Waals surface area contributed by atoms with E-state index in [1.165, 1.54) is 29.2 Å². The van der Waals surface area contributed by atoms with Gasteiger partial charge in [-0.1, -0.05) is 48.9 Å². The van der Waals surface area contributed by atoms with E-state index in [0.29, 0.717) is 50.0 Å². The normalized spacial score (nSPS) is 12.6. The number of fused-ring (bicyclic) bond motifs is 2. The molecular formula is C29H26ClN7O4S2. The molecule has 6 rings (SSSR count). The van der Waals surface area contributed by atoms with E-state index in [1.54, 1.807) is 28.3 Å². The summed E-state index contributed by atoms with van der Waals surface area (Å²) in [5.41, 5.74) is 9.88. The number of nitrogens with one attached hydrogen (secondary N) is 1. The Bertz CT molecular complexity index is 2180. The van der Waals surface area contributed by atoms with Crippen molar-refractivity contribution in [2.75, 3.05) is 23.8 Å². The molecular weight excluding hydrogens is 610 g/mol. The highest BCUT2D eigenvalue weighted by atomic mass is 35.5. The lowest BCUT2D eigenvalue weighted by Gasteiger charge is -2.20. The smallest absolute Gasteiger partial charge is 0.265 e. The fraction of sp³-hybridized carbons (Fsp3) is 0.172. The van der Waals surface area contributed by atoms with Crippen LogP contribution in [0.5, 0.6) is 5.75 Å². The first-order valence-electron chi connectivity index (χ1n) is 13.1. The van der Waals surface area contributed by atoms with Crippen LogP contribution in [-0.2, 0) is 10.0 Å². The number of rotatable bonds is 8. The van der Waals surface area contributed by atoms with Crippen LogP contribution >= 0.6 is 22.9 Å². The van der Waals surface area contributed by atoms with Crippen LogP contribution in [0.4, 0.5) is 11.5 Å². The van der Waals surface area contributed by atoms with E-state index in [-0.39, 0.29) is 17.1 Å². The third kappa shape index (κ3) is 5.09. The lowest BCUT2D eigenvalue weighted by Crippen LogP contribution is -2.21. The number of aromatic nitrogens is 5. The van der Waals surface area contributed by atoms with Crippen LogP contribution in [0.25, 0.3) is 38.2 Å². The number of halogens is 1. The molecule has 14 heteroatoms. The van der Waals surface area contributed by atoms with E-state index in [4.69, 9.17) is 27.2 Å². The van der Waals surface area contributed by atoms with E-state index in [9.17, 15) is 13.2 Å². The summed E-state index contributed by atoms with van der Waals surface area (Å²) >= 11 is 7.81. The number of nitrogens with two attached hydrogens (primary N) is 1. The molecule has 6 aromatic rings. The van der Waals surface area contributed by atoms with Crippen LogP contribution in [0.2, 0.25) is 5.15 Å². The van der Waals surface area contributed by atoms with Gasteiger partial charge in [0.15, 0.2) is 5.65 Å². The number of methoxy groups -OCH3 is 1. The molecule has 4 heterocycles. The Hall–Kier alpha value is -4.46. The Morgan fingerprint density at radius 1 is 1.12 bits per heavy atom. The predicted molar refractivity (Wildman–Crippen MR) is 171 cm³/mol. The average molecular weight is 636 g/mol. The summed E-state index contributed by atoms with van der Waals surface area (Å²) in [5, 5.41) is 7.57. The molecule has 4 aromatic heterocycles. The standard InChI is InChI=1S/C29H26ClN7O4S2/c1-4-20(18-13-23-36(22(30)14-42-23)29(38)24(18)16-8-6-5-7-9-16)37-28-25(27(31)32-15-33-28)26(34-37)17-10-11-21(41-2)19(12-17)35-43(3,39)40/h5-15,20,35H,4H2,1-3H3,(H2,31,32,33)/t20-/m0/s1. The minimum atomic E-state index is -3.60. The van der Waals surface area contributed by atoms with Gasteiger partial charge in [-0.05, 0) is 41.8 Å². The first kappa shape index (κ1) is 28.6. The van der Waals surface area contributed by atoms with E-state index in [2.05, 4.69) is 14.7 Å². The molecule has 2 aromatic carbocycles. The number of benzene rings is 2. The molecule has 0 amide bonds. The molecule has 0 bridgehead atoms. The van der Waals surface area contributed by atoms with Crippen LogP contribution in [0.3, 0.4) is 0 Å². The molecule has 0 saturated heterocycles. The summed E-state index contributed by atoms with van der Waals surface area (Å²) in [7, 11) is -2.15. The third-order valence-corrected chi connectivity index (χ3v) is 8.97. The molecule has 0 aliphatic rings. The lowest BCUT2D eigenvalue weighted by atomic mass is 9.95. The fourth-order valence-electron chi connectivity index (χ4n) is 5.29. The Morgan fingerprint density at radius 2 is 1.88 bits per heavy atom. The molecule has 1 atom stereocenters. The highest BCUT2D eigenvalue weighted by Crippen LogP contribution is 2.39. The quantitative estimate of drug-likeness (QED) is 0.224. The maximum Gasteiger partial charge on any atom is 0.265 e. The largest absolute Gasteiger partial charge is 0.495 e. The number of thiazole rings is 1. The van der Waals surface area contributed by atoms with Crippen molar-refractivity contribution < 1.29 is 13.2 Å². The summed E-state index contributed by atoms with van der Waals surface area (Å²) in [6, 6.07) is 16.0. The second-order valence-electron chi connectivity index (χ2n) is 9.84. The zero-order valence-electron chi connectivity index (χ0n) is 23.3. The van der Waals surface area contributed by atoms with Gasteiger partial charge in [-0.2, -0.15) is 5.10 Å². The fourth-order valence-corrected chi connectivity index (χ4v) is 7.00. The molecule has 0 saturated carbocycles. The average Bonchev–Trinajstić information content (AvgIpc) is 3.55. The van der Waals surface area contributed by atoms with Gasteiger partial charge in [-0.3, -0.25) is 13.9 Å². The topological polar surface area (TPSA) is 146 Å². The first-order chi connectivity index (χ1) is 20.6. The predicted octanol–water partition coefficient (Wildman–Crippen LogP) is 5.45. The second kappa shape index (κ2) is 11.0. The number of ether oxygens (including phenoxy) is 1. The van der Waals surface area contributed by atoms with Crippen LogP contribution in [0.15, 0.2) is 71.1 Å². The molecule has 0 aliphatic carbocycles. The summed E-state index contributed by atoms with van der Waals surface area (Å²) in [5.74, 6) is 0.544. The number of pyridine rings is 1. The summed E-state index contributed by atoms with van der Waals surface area (Å²) in [6.07, 6.45) is 2.98. The Labute approximate surface area is 255 Å². The van der Waals surface area contributed by atoms with Crippen molar-refractivity contribution in [3.8, 4) is 28.1 Å². The number of hydrogen-bond acceptors (Lipinski definition) is 9. The van der Waals surface area contributed by atoms with Crippen LogP contribution < -0.4 is 20.8 Å². The molecule has 3 N–H and O–H groups in total. The minimum Gasteiger partial charge on any atom is -0.495 e. The van der Waals surface area contributed by atoms with Crippen molar-refractivity contribution in [1.29, 1.82) is 0 Å². The number of nitrogen functional groups attached to an aromatic ring is 1. The van der Waals surface area contributed by atoms with Crippen LogP contribution in [0, 0.1) is 0 Å². The molecule has 43 heavy (non-hydrogen) atoms. The van der Waals surface area contributed by atoms with Gasteiger partial charge in [0.2, 0.25) is 10.0 Å². The highest BCUT2D eigenvalue weighted by Gasteiger charge is 2.27. The van der Waals surface area contributed by atoms with Gasteiger partial charge in [0, 0.05) is 10.9 Å². The van der Waals surface area contributed by atoms with Gasteiger partial charge in [-0.25, -0.2) is 23.1 Å². The van der Waals surface area contributed by atoms with Gasteiger partial charge in [0.05, 0.1) is 36.0 Å². The van der Waals surface area contributed by atoms with E-state index >= 15 is 0 Å². The van der Waals surface area contributed by atoms with Gasteiger partial charge < -0.3 is 10.5 Å². The van der Waals surface area contributed by atoms with E-state index in [0.717, 1.165) is 17.4 Å². The van der Waals surface area contributed by atoms with Gasteiger partial charge in [0.1, 0.15) is 33.6 Å². The number of hydrogen-bond donors (Lipinski definition) is 2. The van der Waals surface area contributed by atoms with Crippen molar-refractivity contribution in [3.63, 3.8) is 0 Å². The first-order valence-corrected chi connectivity index (χ1v) is 16.3. The maximum atomic E-state index is 14.0. The zero-order chi connectivity index (χ0) is 30.5. The number of anilines is 2. The number of nitrogens with zero attached hydrogens (tertiary/aromatic N) is 5. The zero-order valence-corrected chi connectivity index (χ0v) is 25.7. The van der Waals surface area contributed by atoms with Crippen molar-refractivity contribution in [1.82, 2.24) is 24.1 Å². The summed E-state index contributed by atoms with van der Waals surface area (Å²) in [4.78, 5) is 23.5. The molecule has 11 nitrogen and oxygen atoms in total. The highest BCUT2D eigenvalue weighted by molar-refractivity contribution is 7.92. The monoisotopic (exact) mass is 635 g/mol. The molecule has 0 fully saturated rings. The Kier molecular flexibility index (Phi) is 7.32. The van der Waals surface area contributed by atoms with Crippen molar-refractivity contribution >= 4 is 60.3 Å². The molecule has 0 aliphatic heterocycles. The van der Waals surface area contributed by atoms with Crippen molar-refractivity contribution in [2.24, 2.45) is 0 Å². The SMILES string of the molecule is CC[C@@H](c1cc2scc(Cl)n2c(=O)c1-c1ccccc1)n1nc(-c2ccc(OC)c(NS(C)(=O)=O)c2)c2c(N)ncnc21. The van der Waals surface area contributed by atoms with E-state index in [1.807, 2.05) is 43.3 Å². The molecule has 0 radical (unpaired) electrons. The summed E-state index contributed by atoms with van der Waals surface area (Å²) in [6.45, 7) is 2.00. The van der Waals surface area contributed by atoms with Crippen LogP contribution in [0.1, 0.15) is 24.9 Å². The van der Waals surface area contributed by atoms with Crippen molar-refractivity contribution in [3.05, 3.63) is 87.4 Å². The van der Waals surface area contributed by atoms with Crippen LogP contribution in [-0.4, -0.2) is 45.9 Å². The Morgan fingerprint density at radius 3 is 2.58 bits per heavy atom. The number of sulfonamides is 1. The van der Waals surface area contributed by atoms with Crippen molar-refractivity contribution in [2.45, 2.75) is 19.4 Å². The Balaban J connectivity index is 1.62. The van der Waals surface area contributed by atoms with Gasteiger partial charge in [0.25, 0.3) is 5.56 Å². The maximum absolute atomic E-state index is 14.0.